The molecule has 2 N–H and O–H groups in total. The van der Waals surface area contributed by atoms with Crippen LogP contribution in [-0.2, 0) is 10.0 Å². The zero-order valence-corrected chi connectivity index (χ0v) is 16.2. The molecule has 0 saturated heterocycles. The summed E-state index contributed by atoms with van der Waals surface area (Å²) in [7, 11) is -3.82. The van der Waals surface area contributed by atoms with Gasteiger partial charge in [0, 0.05) is 22.6 Å². The van der Waals surface area contributed by atoms with Gasteiger partial charge < -0.3 is 4.57 Å². The molecule has 0 saturated carbocycles. The third-order valence-electron chi connectivity index (χ3n) is 4.29. The average molecular weight is 383 g/mol. The van der Waals surface area contributed by atoms with E-state index in [1.165, 1.54) is 12.1 Å². The van der Waals surface area contributed by atoms with E-state index in [0.29, 0.717) is 5.56 Å². The fraction of sp³-hybridized carbons (Fsp3) is 0.150. The lowest BCUT2D eigenvalue weighted by Gasteiger charge is -2.11. The maximum absolute atomic E-state index is 12.3. The standard InChI is InChI=1S/C20H21N3O3S/c1-14-4-12-19(13-5-14)27(25,26)22-21-20(24)17-8-10-18(11-9-17)23-15(2)6-7-16(23)3/h4-13,22H,1-3H3,(H,21,24). The number of hydrogen-bond donors (Lipinski definition) is 2. The Labute approximate surface area is 158 Å². The lowest BCUT2D eigenvalue weighted by Crippen LogP contribution is -2.41. The molecule has 3 aromatic rings. The Balaban J connectivity index is 1.70. The number of aryl methyl sites for hydroxylation is 3. The molecule has 1 heterocycles. The Morgan fingerprint density at radius 2 is 1.37 bits per heavy atom. The van der Waals surface area contributed by atoms with Crippen molar-refractivity contribution in [2.45, 2.75) is 25.7 Å². The molecule has 3 rings (SSSR count). The Morgan fingerprint density at radius 3 is 1.93 bits per heavy atom. The highest BCUT2D eigenvalue weighted by Crippen LogP contribution is 2.17. The second-order valence-corrected chi connectivity index (χ2v) is 8.05. The summed E-state index contributed by atoms with van der Waals surface area (Å²) in [5.74, 6) is -0.529. The quantitative estimate of drug-likeness (QED) is 0.665. The summed E-state index contributed by atoms with van der Waals surface area (Å²) in [6, 6.07) is 17.4. The summed E-state index contributed by atoms with van der Waals surface area (Å²) in [6.45, 7) is 5.88. The predicted octanol–water partition coefficient (Wildman–Crippen LogP) is 3.03. The van der Waals surface area contributed by atoms with Gasteiger partial charge in [-0.2, -0.15) is 0 Å². The van der Waals surface area contributed by atoms with Crippen molar-refractivity contribution in [2.24, 2.45) is 0 Å². The first kappa shape index (κ1) is 18.9. The summed E-state index contributed by atoms with van der Waals surface area (Å²) in [5, 5.41) is 0. The highest BCUT2D eigenvalue weighted by Gasteiger charge is 2.15. The van der Waals surface area contributed by atoms with Crippen LogP contribution in [0.25, 0.3) is 5.69 Å². The van der Waals surface area contributed by atoms with E-state index < -0.39 is 15.9 Å². The molecule has 0 aliphatic rings. The summed E-state index contributed by atoms with van der Waals surface area (Å²) in [6.07, 6.45) is 0. The highest BCUT2D eigenvalue weighted by atomic mass is 32.2. The van der Waals surface area contributed by atoms with Crippen LogP contribution >= 0.6 is 0 Å². The van der Waals surface area contributed by atoms with Crippen molar-refractivity contribution in [3.05, 3.63) is 83.2 Å². The van der Waals surface area contributed by atoms with E-state index in [4.69, 9.17) is 0 Å². The molecule has 0 atom stereocenters. The molecular formula is C20H21N3O3S. The minimum atomic E-state index is -3.82. The Bertz CT molecular complexity index is 1050. The van der Waals surface area contributed by atoms with E-state index in [1.807, 2.05) is 45.0 Å². The molecule has 7 heteroatoms. The van der Waals surface area contributed by atoms with E-state index in [2.05, 4.69) is 14.8 Å². The van der Waals surface area contributed by atoms with Gasteiger partial charge in [0.25, 0.3) is 15.9 Å². The maximum Gasteiger partial charge on any atom is 0.266 e. The summed E-state index contributed by atoms with van der Waals surface area (Å²) in [4.78, 5) is 14.5. The molecular weight excluding hydrogens is 362 g/mol. The van der Waals surface area contributed by atoms with Crippen LogP contribution < -0.4 is 10.3 Å². The van der Waals surface area contributed by atoms with Crippen molar-refractivity contribution in [1.82, 2.24) is 14.8 Å². The van der Waals surface area contributed by atoms with Gasteiger partial charge in [-0.3, -0.25) is 10.2 Å². The zero-order valence-electron chi connectivity index (χ0n) is 15.4. The molecule has 6 nitrogen and oxygen atoms in total. The van der Waals surface area contributed by atoms with Crippen LogP contribution in [0.5, 0.6) is 0 Å². The average Bonchev–Trinajstić information content (AvgIpc) is 2.99. The van der Waals surface area contributed by atoms with Crippen molar-refractivity contribution < 1.29 is 13.2 Å². The van der Waals surface area contributed by atoms with Gasteiger partial charge in [-0.1, -0.05) is 17.7 Å². The van der Waals surface area contributed by atoms with Crippen molar-refractivity contribution >= 4 is 15.9 Å². The van der Waals surface area contributed by atoms with E-state index in [-0.39, 0.29) is 4.90 Å². The molecule has 140 valence electrons. The minimum Gasteiger partial charge on any atom is -0.319 e. The molecule has 0 fully saturated rings. The SMILES string of the molecule is Cc1ccc(S(=O)(=O)NNC(=O)c2ccc(-n3c(C)ccc3C)cc2)cc1. The number of nitrogens with zero attached hydrogens (tertiary/aromatic N) is 1. The zero-order chi connectivity index (χ0) is 19.6. The number of hydrogen-bond acceptors (Lipinski definition) is 3. The third-order valence-corrected chi connectivity index (χ3v) is 5.55. The molecule has 2 aromatic carbocycles. The number of aromatic nitrogens is 1. The summed E-state index contributed by atoms with van der Waals surface area (Å²) in [5.41, 5.74) is 6.67. The van der Waals surface area contributed by atoms with Crippen LogP contribution in [0.3, 0.4) is 0 Å². The smallest absolute Gasteiger partial charge is 0.266 e. The van der Waals surface area contributed by atoms with Gasteiger partial charge in [0.2, 0.25) is 0 Å². The topological polar surface area (TPSA) is 80.2 Å². The number of rotatable bonds is 5. The predicted molar refractivity (Wildman–Crippen MR) is 104 cm³/mol. The van der Waals surface area contributed by atoms with Crippen LogP contribution in [0.1, 0.15) is 27.3 Å². The van der Waals surface area contributed by atoms with Crippen LogP contribution in [-0.4, -0.2) is 18.9 Å². The lowest BCUT2D eigenvalue weighted by atomic mass is 10.2. The normalized spacial score (nSPS) is 11.4. The van der Waals surface area contributed by atoms with Crippen LogP contribution in [0.2, 0.25) is 0 Å². The first-order chi connectivity index (χ1) is 12.8. The van der Waals surface area contributed by atoms with Gasteiger partial charge in [0.05, 0.1) is 4.90 Å². The van der Waals surface area contributed by atoms with Gasteiger partial charge in [-0.25, -0.2) is 8.42 Å². The highest BCUT2D eigenvalue weighted by molar-refractivity contribution is 7.89. The van der Waals surface area contributed by atoms with Crippen molar-refractivity contribution in [1.29, 1.82) is 0 Å². The monoisotopic (exact) mass is 383 g/mol. The van der Waals surface area contributed by atoms with Crippen LogP contribution in [0.15, 0.2) is 65.6 Å². The number of amides is 1. The molecule has 0 bridgehead atoms. The Kier molecular flexibility index (Phi) is 5.16. The first-order valence-electron chi connectivity index (χ1n) is 8.42. The molecule has 1 amide bonds. The van der Waals surface area contributed by atoms with Gasteiger partial charge in [0.1, 0.15) is 0 Å². The first-order valence-corrected chi connectivity index (χ1v) is 9.90. The second kappa shape index (κ2) is 7.38. The number of sulfonamides is 1. The molecule has 27 heavy (non-hydrogen) atoms. The third kappa shape index (κ3) is 4.10. The molecule has 0 aliphatic heterocycles. The molecule has 0 aliphatic carbocycles. The van der Waals surface area contributed by atoms with Gasteiger partial charge in [0.15, 0.2) is 0 Å². The number of benzene rings is 2. The summed E-state index contributed by atoms with van der Waals surface area (Å²) < 4.78 is 26.5. The minimum absolute atomic E-state index is 0.0855. The molecule has 0 radical (unpaired) electrons. The Hall–Kier alpha value is -2.90. The number of carbonyl (C=O) groups excluding carboxylic acids is 1. The van der Waals surface area contributed by atoms with Crippen molar-refractivity contribution in [3.63, 3.8) is 0 Å². The van der Waals surface area contributed by atoms with E-state index in [9.17, 15) is 13.2 Å². The van der Waals surface area contributed by atoms with Gasteiger partial charge in [-0.15, -0.1) is 4.83 Å². The number of carbonyl (C=O) groups is 1. The van der Waals surface area contributed by atoms with E-state index in [1.54, 1.807) is 24.3 Å². The number of hydrazine groups is 1. The maximum atomic E-state index is 12.3. The van der Waals surface area contributed by atoms with E-state index >= 15 is 0 Å². The van der Waals surface area contributed by atoms with Gasteiger partial charge in [-0.05, 0) is 69.3 Å². The fourth-order valence-corrected chi connectivity index (χ4v) is 3.64. The van der Waals surface area contributed by atoms with Crippen molar-refractivity contribution in [3.8, 4) is 5.69 Å². The number of nitrogens with one attached hydrogen (secondary N) is 2. The van der Waals surface area contributed by atoms with Crippen LogP contribution in [0, 0.1) is 20.8 Å². The fourth-order valence-electron chi connectivity index (χ4n) is 2.80. The van der Waals surface area contributed by atoms with Gasteiger partial charge >= 0.3 is 0 Å². The van der Waals surface area contributed by atoms with E-state index in [0.717, 1.165) is 22.6 Å². The molecule has 1 aromatic heterocycles. The second-order valence-electron chi connectivity index (χ2n) is 6.37. The largest absolute Gasteiger partial charge is 0.319 e. The lowest BCUT2D eigenvalue weighted by molar-refractivity contribution is 0.0945. The van der Waals surface area contributed by atoms with Crippen molar-refractivity contribution in [2.75, 3.05) is 0 Å². The Morgan fingerprint density at radius 1 is 0.815 bits per heavy atom. The molecule has 0 unspecified atom stereocenters. The van der Waals surface area contributed by atoms with Crippen LogP contribution in [0.4, 0.5) is 0 Å². The molecule has 0 spiro atoms. The summed E-state index contributed by atoms with van der Waals surface area (Å²) >= 11 is 0.